The van der Waals surface area contributed by atoms with Crippen LogP contribution in [0, 0.1) is 22.7 Å². The number of thiocarbonyl (C=S) groups is 1. The van der Waals surface area contributed by atoms with Gasteiger partial charge >= 0.3 is 0 Å². The minimum atomic E-state index is -0.530. The molecule has 1 aliphatic carbocycles. The monoisotopic (exact) mass is 340 g/mol. The van der Waals surface area contributed by atoms with Crippen LogP contribution in [-0.2, 0) is 4.79 Å². The maximum Gasteiger partial charge on any atom is 0.161 e. The summed E-state index contributed by atoms with van der Waals surface area (Å²) in [4.78, 5) is 13.3. The normalized spacial score (nSPS) is 25.6. The topological polar surface area (TPSA) is 62.1 Å². The van der Waals surface area contributed by atoms with Gasteiger partial charge in [0.1, 0.15) is 11.7 Å². The van der Waals surface area contributed by atoms with Crippen molar-refractivity contribution < 1.29 is 9.53 Å². The van der Waals surface area contributed by atoms with E-state index >= 15 is 0 Å². The van der Waals surface area contributed by atoms with Gasteiger partial charge in [-0.3, -0.25) is 4.79 Å². The smallest absolute Gasteiger partial charge is 0.161 e. The minimum Gasteiger partial charge on any atom is -0.497 e. The molecular weight excluding hydrogens is 320 g/mol. The van der Waals surface area contributed by atoms with Crippen LogP contribution in [0.5, 0.6) is 5.75 Å². The van der Waals surface area contributed by atoms with Crippen molar-refractivity contribution in [3.63, 3.8) is 0 Å². The number of benzene rings is 1. The molecule has 5 heteroatoms. The first-order chi connectivity index (χ1) is 11.4. The van der Waals surface area contributed by atoms with E-state index in [4.69, 9.17) is 17.0 Å². The number of Topliss-reactive ketones (excluding diaryl/α,β-unsaturated/α-hetero) is 1. The second-order valence-corrected chi connectivity index (χ2v) is 7.62. The number of methoxy groups -OCH3 is 1. The molecule has 1 aliphatic heterocycles. The Morgan fingerprint density at radius 3 is 2.54 bits per heavy atom. The first-order valence-corrected chi connectivity index (χ1v) is 8.38. The molecular formula is C19H20N2O2S. The van der Waals surface area contributed by atoms with Crippen molar-refractivity contribution in [2.45, 2.75) is 32.6 Å². The Labute approximate surface area is 147 Å². The van der Waals surface area contributed by atoms with Crippen LogP contribution in [0.1, 0.15) is 38.2 Å². The van der Waals surface area contributed by atoms with Crippen LogP contribution in [0.2, 0.25) is 0 Å². The number of hydrogen-bond acceptors (Lipinski definition) is 4. The number of ketones is 1. The number of carbonyl (C=O) groups excluding carboxylic acids is 1. The van der Waals surface area contributed by atoms with Gasteiger partial charge in [0.05, 0.1) is 18.2 Å². The first-order valence-electron chi connectivity index (χ1n) is 7.97. The van der Waals surface area contributed by atoms with Crippen molar-refractivity contribution >= 4 is 23.0 Å². The van der Waals surface area contributed by atoms with Gasteiger partial charge in [-0.15, -0.1) is 0 Å². The fraction of sp³-hybridized carbons (Fsp3) is 0.421. The maximum absolute atomic E-state index is 12.8. The number of nitrogens with zero attached hydrogens (tertiary/aromatic N) is 1. The van der Waals surface area contributed by atoms with Crippen LogP contribution >= 0.6 is 12.2 Å². The second kappa shape index (κ2) is 6.03. The average molecular weight is 340 g/mol. The molecule has 1 aromatic rings. The summed E-state index contributed by atoms with van der Waals surface area (Å²) >= 11 is 5.43. The molecule has 3 rings (SSSR count). The highest BCUT2D eigenvalue weighted by atomic mass is 32.1. The fourth-order valence-corrected chi connectivity index (χ4v) is 3.97. The van der Waals surface area contributed by atoms with Gasteiger partial charge in [-0.1, -0.05) is 38.2 Å². The Morgan fingerprint density at radius 1 is 1.29 bits per heavy atom. The highest BCUT2D eigenvalue weighted by Gasteiger charge is 2.44. The van der Waals surface area contributed by atoms with Crippen molar-refractivity contribution in [2.75, 3.05) is 7.11 Å². The molecule has 2 aliphatic rings. The summed E-state index contributed by atoms with van der Waals surface area (Å²) in [5.74, 6) is 0.0111. The van der Waals surface area contributed by atoms with Gasteiger partial charge in [0, 0.05) is 23.6 Å². The van der Waals surface area contributed by atoms with E-state index in [1.54, 1.807) is 7.11 Å². The minimum absolute atomic E-state index is 0.0948. The van der Waals surface area contributed by atoms with E-state index in [0.29, 0.717) is 11.4 Å². The number of allylic oxidation sites excluding steroid dienone is 2. The zero-order chi connectivity index (χ0) is 17.5. The van der Waals surface area contributed by atoms with Gasteiger partial charge in [0.25, 0.3) is 0 Å². The Balaban J connectivity index is 2.13. The standard InChI is InChI=1S/C19H20N2O2S/c1-19(2)8-14-17(15(22)9-19)16(13(10-20)18(24)21-14)11-4-6-12(23-3)7-5-11/h4-7,13,16H,8-9H2,1-3H3,(H,21,24)/t13-,16-/m0/s1. The van der Waals surface area contributed by atoms with Gasteiger partial charge < -0.3 is 10.1 Å². The van der Waals surface area contributed by atoms with Crippen LogP contribution in [0.3, 0.4) is 0 Å². The first kappa shape index (κ1) is 16.7. The lowest BCUT2D eigenvalue weighted by Gasteiger charge is -2.40. The molecule has 0 spiro atoms. The van der Waals surface area contributed by atoms with Crippen molar-refractivity contribution in [3.05, 3.63) is 41.1 Å². The van der Waals surface area contributed by atoms with E-state index in [1.807, 2.05) is 24.3 Å². The molecule has 24 heavy (non-hydrogen) atoms. The summed E-state index contributed by atoms with van der Waals surface area (Å²) < 4.78 is 5.20. The predicted molar refractivity (Wildman–Crippen MR) is 95.6 cm³/mol. The molecule has 0 fully saturated rings. The molecule has 0 bridgehead atoms. The zero-order valence-corrected chi connectivity index (χ0v) is 14.9. The molecule has 0 unspecified atom stereocenters. The number of nitrogens with one attached hydrogen (secondary N) is 1. The number of rotatable bonds is 2. The summed E-state index contributed by atoms with van der Waals surface area (Å²) in [6, 6.07) is 9.82. The molecule has 0 saturated carbocycles. The lowest BCUT2D eigenvalue weighted by Crippen LogP contribution is -2.44. The van der Waals surface area contributed by atoms with E-state index < -0.39 is 5.92 Å². The van der Waals surface area contributed by atoms with E-state index in [1.165, 1.54) is 0 Å². The molecule has 1 heterocycles. The van der Waals surface area contributed by atoms with Crippen molar-refractivity contribution in [1.29, 1.82) is 5.26 Å². The highest BCUT2D eigenvalue weighted by molar-refractivity contribution is 7.80. The molecule has 124 valence electrons. The number of hydrogen-bond donors (Lipinski definition) is 1. The van der Waals surface area contributed by atoms with Gasteiger partial charge in [0.2, 0.25) is 0 Å². The van der Waals surface area contributed by atoms with E-state index in [-0.39, 0.29) is 17.1 Å². The van der Waals surface area contributed by atoms with Crippen LogP contribution in [0.4, 0.5) is 0 Å². The van der Waals surface area contributed by atoms with Crippen LogP contribution in [-0.4, -0.2) is 17.9 Å². The largest absolute Gasteiger partial charge is 0.497 e. The molecule has 0 aromatic heterocycles. The van der Waals surface area contributed by atoms with Gasteiger partial charge in [-0.25, -0.2) is 0 Å². The van der Waals surface area contributed by atoms with Crippen molar-refractivity contribution in [1.82, 2.24) is 5.32 Å². The van der Waals surface area contributed by atoms with E-state index in [0.717, 1.165) is 29.0 Å². The summed E-state index contributed by atoms with van der Waals surface area (Å²) in [6.45, 7) is 4.16. The van der Waals surface area contributed by atoms with Crippen LogP contribution in [0.25, 0.3) is 0 Å². The molecule has 0 radical (unpaired) electrons. The Morgan fingerprint density at radius 2 is 1.96 bits per heavy atom. The van der Waals surface area contributed by atoms with Gasteiger partial charge in [0.15, 0.2) is 5.78 Å². The molecule has 2 atom stereocenters. The van der Waals surface area contributed by atoms with Crippen LogP contribution < -0.4 is 10.1 Å². The second-order valence-electron chi connectivity index (χ2n) is 7.18. The lowest BCUT2D eigenvalue weighted by molar-refractivity contribution is -0.118. The summed E-state index contributed by atoms with van der Waals surface area (Å²) in [6.07, 6.45) is 1.25. The molecule has 4 nitrogen and oxygen atoms in total. The quantitative estimate of drug-likeness (QED) is 0.835. The summed E-state index contributed by atoms with van der Waals surface area (Å²) in [5, 5.41) is 12.8. The number of carbonyl (C=O) groups is 1. The molecule has 0 amide bonds. The van der Waals surface area contributed by atoms with E-state index in [2.05, 4.69) is 25.2 Å². The van der Waals surface area contributed by atoms with Crippen molar-refractivity contribution in [3.8, 4) is 11.8 Å². The third-order valence-corrected chi connectivity index (χ3v) is 5.09. The third kappa shape index (κ3) is 2.83. The Bertz CT molecular complexity index is 772. The predicted octanol–water partition coefficient (Wildman–Crippen LogP) is 3.49. The highest BCUT2D eigenvalue weighted by Crippen LogP contribution is 2.46. The maximum atomic E-state index is 12.8. The lowest BCUT2D eigenvalue weighted by atomic mass is 9.67. The van der Waals surface area contributed by atoms with E-state index in [9.17, 15) is 10.1 Å². The number of ether oxygens (including phenoxy) is 1. The van der Waals surface area contributed by atoms with Crippen molar-refractivity contribution in [2.24, 2.45) is 11.3 Å². The average Bonchev–Trinajstić information content (AvgIpc) is 2.52. The number of nitriles is 1. The molecule has 0 saturated heterocycles. The van der Waals surface area contributed by atoms with Gasteiger partial charge in [-0.05, 0) is 29.5 Å². The van der Waals surface area contributed by atoms with Gasteiger partial charge in [-0.2, -0.15) is 5.26 Å². The Kier molecular flexibility index (Phi) is 4.18. The molecule has 1 N–H and O–H groups in total. The summed E-state index contributed by atoms with van der Waals surface area (Å²) in [7, 11) is 1.61. The molecule has 1 aromatic carbocycles. The third-order valence-electron chi connectivity index (χ3n) is 4.73. The Hall–Kier alpha value is -2.19. The zero-order valence-electron chi connectivity index (χ0n) is 14.1. The van der Waals surface area contributed by atoms with Crippen LogP contribution in [0.15, 0.2) is 35.5 Å². The fourth-order valence-electron chi connectivity index (χ4n) is 3.66. The SMILES string of the molecule is COc1ccc([C@@H]2C3=C(CC(C)(C)CC3=O)NC(=S)[C@H]2C#N)cc1. The summed E-state index contributed by atoms with van der Waals surface area (Å²) in [5.41, 5.74) is 2.43.